The molecule has 5 nitrogen and oxygen atoms in total. The van der Waals surface area contributed by atoms with E-state index in [2.05, 4.69) is 4.90 Å². The molecule has 1 aliphatic rings. The van der Waals surface area contributed by atoms with Gasteiger partial charge in [-0.1, -0.05) is 12.1 Å². The molecular weight excluding hydrogens is 369 g/mol. The molecule has 0 aliphatic carbocycles. The summed E-state index contributed by atoms with van der Waals surface area (Å²) in [4.78, 5) is 2.35. The molecule has 0 bridgehead atoms. The molecule has 0 saturated carbocycles. The van der Waals surface area contributed by atoms with Gasteiger partial charge >= 0.3 is 0 Å². The quantitative estimate of drug-likeness (QED) is 0.688. The summed E-state index contributed by atoms with van der Waals surface area (Å²) in [5.41, 5.74) is 3.51. The Labute approximate surface area is 170 Å². The molecule has 0 unspecified atom stereocenters. The number of hydrogen-bond donors (Lipinski definition) is 1. The van der Waals surface area contributed by atoms with Crippen LogP contribution in [0, 0.1) is 11.7 Å². The van der Waals surface area contributed by atoms with E-state index in [0.29, 0.717) is 5.92 Å². The molecule has 6 heteroatoms. The van der Waals surface area contributed by atoms with E-state index in [1.165, 1.54) is 12.1 Å². The second-order valence-electron chi connectivity index (χ2n) is 7.58. The first-order valence-corrected chi connectivity index (χ1v) is 9.98. The molecule has 1 aromatic heterocycles. The van der Waals surface area contributed by atoms with E-state index >= 15 is 0 Å². The zero-order valence-corrected chi connectivity index (χ0v) is 16.6. The number of aromatic nitrogens is 2. The maximum absolute atomic E-state index is 13.9. The number of nitrogens with zero attached hydrogens (tertiary/aromatic N) is 3. The Hall–Kier alpha value is -2.70. The van der Waals surface area contributed by atoms with Crippen LogP contribution in [-0.2, 0) is 6.54 Å². The first-order valence-electron chi connectivity index (χ1n) is 9.98. The summed E-state index contributed by atoms with van der Waals surface area (Å²) >= 11 is 0. The van der Waals surface area contributed by atoms with Gasteiger partial charge in [-0.05, 0) is 61.7 Å². The van der Waals surface area contributed by atoms with Crippen molar-refractivity contribution in [2.24, 2.45) is 5.92 Å². The van der Waals surface area contributed by atoms with Gasteiger partial charge in [0.25, 0.3) is 0 Å². The van der Waals surface area contributed by atoms with Crippen molar-refractivity contribution in [1.29, 1.82) is 0 Å². The normalized spacial score (nSPS) is 17.4. The van der Waals surface area contributed by atoms with Crippen LogP contribution in [0.3, 0.4) is 0 Å². The van der Waals surface area contributed by atoms with E-state index in [4.69, 9.17) is 9.84 Å². The highest BCUT2D eigenvalue weighted by Gasteiger charge is 2.22. The van der Waals surface area contributed by atoms with Crippen LogP contribution in [0.2, 0.25) is 0 Å². The minimum atomic E-state index is -0.272. The fourth-order valence-corrected chi connectivity index (χ4v) is 3.96. The molecule has 1 N–H and O–H groups in total. The molecular formula is C23H26FN3O2. The Morgan fingerprint density at radius 1 is 1.21 bits per heavy atom. The highest BCUT2D eigenvalue weighted by atomic mass is 19.1. The molecule has 152 valence electrons. The molecule has 29 heavy (non-hydrogen) atoms. The lowest BCUT2D eigenvalue weighted by atomic mass is 9.98. The second kappa shape index (κ2) is 8.76. The minimum absolute atomic E-state index is 0.221. The maximum Gasteiger partial charge on any atom is 0.123 e. The second-order valence-corrected chi connectivity index (χ2v) is 7.58. The van der Waals surface area contributed by atoms with E-state index in [1.807, 2.05) is 41.2 Å². The molecule has 1 saturated heterocycles. The molecule has 3 aromatic rings. The van der Waals surface area contributed by atoms with Crippen molar-refractivity contribution in [2.45, 2.75) is 19.4 Å². The SMILES string of the molecule is COc1ccc(-n2cc(CN3CCC[C@@H](CO)C3)c(-c3cccc(F)c3)n2)cc1. The van der Waals surface area contributed by atoms with Crippen molar-refractivity contribution >= 4 is 0 Å². The number of aliphatic hydroxyl groups is 1. The third-order valence-corrected chi connectivity index (χ3v) is 5.48. The average molecular weight is 395 g/mol. The van der Waals surface area contributed by atoms with Gasteiger partial charge in [-0.3, -0.25) is 4.90 Å². The van der Waals surface area contributed by atoms with Crippen LogP contribution < -0.4 is 4.74 Å². The number of hydrogen-bond acceptors (Lipinski definition) is 4. The van der Waals surface area contributed by atoms with Crippen LogP contribution in [0.4, 0.5) is 4.39 Å². The highest BCUT2D eigenvalue weighted by molar-refractivity contribution is 5.63. The van der Waals surface area contributed by atoms with Crippen molar-refractivity contribution in [3.63, 3.8) is 0 Å². The smallest absolute Gasteiger partial charge is 0.123 e. The largest absolute Gasteiger partial charge is 0.497 e. The van der Waals surface area contributed by atoms with E-state index in [0.717, 1.165) is 60.7 Å². The van der Waals surface area contributed by atoms with Crippen LogP contribution >= 0.6 is 0 Å². The lowest BCUT2D eigenvalue weighted by Gasteiger charge is -2.31. The summed E-state index contributed by atoms with van der Waals surface area (Å²) in [6.07, 6.45) is 4.16. The van der Waals surface area contributed by atoms with Gasteiger partial charge in [0.15, 0.2) is 0 Å². The Balaban J connectivity index is 1.68. The average Bonchev–Trinajstić information content (AvgIpc) is 3.17. The summed E-state index contributed by atoms with van der Waals surface area (Å²) < 4.78 is 20.9. The molecule has 1 fully saturated rings. The first-order chi connectivity index (χ1) is 14.2. The van der Waals surface area contributed by atoms with Crippen LogP contribution in [0.1, 0.15) is 18.4 Å². The third-order valence-electron chi connectivity index (χ3n) is 5.48. The van der Waals surface area contributed by atoms with E-state index in [1.54, 1.807) is 13.2 Å². The van der Waals surface area contributed by atoms with Crippen molar-refractivity contribution < 1.29 is 14.2 Å². The predicted molar refractivity (Wildman–Crippen MR) is 111 cm³/mol. The molecule has 2 heterocycles. The zero-order chi connectivity index (χ0) is 20.2. The molecule has 1 atom stereocenters. The Bertz CT molecular complexity index is 955. The van der Waals surface area contributed by atoms with Crippen molar-refractivity contribution in [2.75, 3.05) is 26.8 Å². The third kappa shape index (κ3) is 4.49. The lowest BCUT2D eigenvalue weighted by Crippen LogP contribution is -2.36. The molecule has 0 spiro atoms. The maximum atomic E-state index is 13.9. The van der Waals surface area contributed by atoms with E-state index < -0.39 is 0 Å². The van der Waals surface area contributed by atoms with Gasteiger partial charge in [0.2, 0.25) is 0 Å². The van der Waals surface area contributed by atoms with Gasteiger partial charge in [0.05, 0.1) is 18.5 Å². The standard InChI is InChI=1S/C23H26FN3O2/c1-29-22-9-7-21(8-10-22)27-15-19(14-26-11-3-4-17(13-26)16-28)23(25-27)18-5-2-6-20(24)12-18/h2,5-10,12,15,17,28H,3-4,11,13-14,16H2,1H3/t17-/m1/s1. The summed E-state index contributed by atoms with van der Waals surface area (Å²) in [7, 11) is 1.64. The monoisotopic (exact) mass is 395 g/mol. The van der Waals surface area contributed by atoms with Gasteiger partial charge in [0.1, 0.15) is 11.6 Å². The fourth-order valence-electron chi connectivity index (χ4n) is 3.96. The Morgan fingerprint density at radius 3 is 2.76 bits per heavy atom. The summed E-state index contributed by atoms with van der Waals surface area (Å²) in [5, 5.41) is 14.3. The van der Waals surface area contributed by atoms with Gasteiger partial charge < -0.3 is 9.84 Å². The Kier molecular flexibility index (Phi) is 5.92. The number of benzene rings is 2. The number of ether oxygens (including phenoxy) is 1. The van der Waals surface area contributed by atoms with Gasteiger partial charge in [0, 0.05) is 37.0 Å². The molecule has 4 rings (SSSR count). The number of piperidine rings is 1. The number of aliphatic hydroxyl groups excluding tert-OH is 1. The number of halogens is 1. The Morgan fingerprint density at radius 2 is 2.03 bits per heavy atom. The number of methoxy groups -OCH3 is 1. The first kappa shape index (κ1) is 19.6. The van der Waals surface area contributed by atoms with Gasteiger partial charge in [-0.25, -0.2) is 9.07 Å². The fraction of sp³-hybridized carbons (Fsp3) is 0.348. The van der Waals surface area contributed by atoms with Gasteiger partial charge in [-0.15, -0.1) is 0 Å². The van der Waals surface area contributed by atoms with Crippen molar-refractivity contribution in [3.05, 3.63) is 66.1 Å². The number of likely N-dealkylation sites (tertiary alicyclic amines) is 1. The highest BCUT2D eigenvalue weighted by Crippen LogP contribution is 2.27. The lowest BCUT2D eigenvalue weighted by molar-refractivity contribution is 0.116. The minimum Gasteiger partial charge on any atom is -0.497 e. The van der Waals surface area contributed by atoms with Crippen LogP contribution in [0.25, 0.3) is 16.9 Å². The van der Waals surface area contributed by atoms with Crippen LogP contribution in [0.15, 0.2) is 54.7 Å². The van der Waals surface area contributed by atoms with E-state index in [-0.39, 0.29) is 12.4 Å². The summed E-state index contributed by atoms with van der Waals surface area (Å²) in [5.74, 6) is 0.832. The van der Waals surface area contributed by atoms with Crippen LogP contribution in [-0.4, -0.2) is 46.6 Å². The van der Waals surface area contributed by atoms with Crippen molar-refractivity contribution in [1.82, 2.24) is 14.7 Å². The van der Waals surface area contributed by atoms with Crippen molar-refractivity contribution in [3.8, 4) is 22.7 Å². The molecule has 0 radical (unpaired) electrons. The summed E-state index contributed by atoms with van der Waals surface area (Å²) in [6.45, 7) is 2.80. The molecule has 1 aliphatic heterocycles. The summed E-state index contributed by atoms with van der Waals surface area (Å²) in [6, 6.07) is 14.3. The number of rotatable bonds is 6. The van der Waals surface area contributed by atoms with E-state index in [9.17, 15) is 9.50 Å². The van der Waals surface area contributed by atoms with Crippen LogP contribution in [0.5, 0.6) is 5.75 Å². The predicted octanol–water partition coefficient (Wildman–Crippen LogP) is 3.89. The molecule has 2 aromatic carbocycles. The molecule has 0 amide bonds. The topological polar surface area (TPSA) is 50.5 Å². The zero-order valence-electron chi connectivity index (χ0n) is 16.6. The van der Waals surface area contributed by atoms with Gasteiger partial charge in [-0.2, -0.15) is 5.10 Å².